The lowest BCUT2D eigenvalue weighted by molar-refractivity contribution is 0.120. The van der Waals surface area contributed by atoms with Crippen molar-refractivity contribution in [1.82, 2.24) is 9.55 Å². The molecule has 1 aromatic heterocycles. The van der Waals surface area contributed by atoms with Gasteiger partial charge in [-0.05, 0) is 31.0 Å². The lowest BCUT2D eigenvalue weighted by Gasteiger charge is -2.22. The fourth-order valence-corrected chi connectivity index (χ4v) is 2.36. The summed E-state index contributed by atoms with van der Waals surface area (Å²) in [7, 11) is 1.64. The van der Waals surface area contributed by atoms with Crippen molar-refractivity contribution >= 4 is 0 Å². The van der Waals surface area contributed by atoms with Crippen LogP contribution in [0.2, 0.25) is 0 Å². The molecule has 4 nitrogen and oxygen atoms in total. The Labute approximate surface area is 120 Å². The largest absolute Gasteiger partial charge is 0.497 e. The highest BCUT2D eigenvalue weighted by atomic mass is 16.5. The van der Waals surface area contributed by atoms with Crippen LogP contribution in [0.25, 0.3) is 0 Å². The Morgan fingerprint density at radius 2 is 2.00 bits per heavy atom. The first-order chi connectivity index (χ1) is 9.67. The van der Waals surface area contributed by atoms with Gasteiger partial charge in [-0.2, -0.15) is 0 Å². The van der Waals surface area contributed by atoms with Crippen LogP contribution in [-0.4, -0.2) is 21.8 Å². The Morgan fingerprint density at radius 1 is 1.30 bits per heavy atom. The normalized spacial score (nSPS) is 14.0. The van der Waals surface area contributed by atoms with Crippen molar-refractivity contribution in [2.24, 2.45) is 0 Å². The zero-order valence-corrected chi connectivity index (χ0v) is 12.3. The van der Waals surface area contributed by atoms with E-state index in [4.69, 9.17) is 4.74 Å². The first-order valence-electron chi connectivity index (χ1n) is 7.01. The standard InChI is InChI=1S/C16H22N2O2/c1-4-5-15-17-10-11-18(15)12(2)16(19)13-6-8-14(20-3)9-7-13/h6-12,16,19H,4-5H2,1-3H3. The molecule has 0 radical (unpaired) electrons. The molecule has 0 aliphatic heterocycles. The van der Waals surface area contributed by atoms with E-state index in [9.17, 15) is 5.11 Å². The lowest BCUT2D eigenvalue weighted by atomic mass is 10.0. The van der Waals surface area contributed by atoms with Crippen LogP contribution >= 0.6 is 0 Å². The van der Waals surface area contributed by atoms with Gasteiger partial charge in [-0.1, -0.05) is 19.1 Å². The molecule has 1 N–H and O–H groups in total. The fourth-order valence-electron chi connectivity index (χ4n) is 2.36. The average Bonchev–Trinajstić information content (AvgIpc) is 2.94. The number of hydrogen-bond acceptors (Lipinski definition) is 3. The van der Waals surface area contributed by atoms with Gasteiger partial charge in [0.1, 0.15) is 11.6 Å². The topological polar surface area (TPSA) is 47.3 Å². The van der Waals surface area contributed by atoms with Gasteiger partial charge in [-0.15, -0.1) is 0 Å². The van der Waals surface area contributed by atoms with E-state index in [1.807, 2.05) is 37.4 Å². The molecule has 2 rings (SSSR count). The molecule has 20 heavy (non-hydrogen) atoms. The van der Waals surface area contributed by atoms with Gasteiger partial charge in [-0.3, -0.25) is 0 Å². The third-order valence-corrected chi connectivity index (χ3v) is 3.58. The molecule has 2 unspecified atom stereocenters. The van der Waals surface area contributed by atoms with E-state index < -0.39 is 6.10 Å². The summed E-state index contributed by atoms with van der Waals surface area (Å²) in [4.78, 5) is 4.36. The molecule has 0 saturated carbocycles. The molecule has 1 aromatic carbocycles. The minimum absolute atomic E-state index is 0.0487. The molecular weight excluding hydrogens is 252 g/mol. The maximum atomic E-state index is 10.5. The minimum atomic E-state index is -0.564. The average molecular weight is 274 g/mol. The van der Waals surface area contributed by atoms with Crippen LogP contribution < -0.4 is 4.74 Å². The number of nitrogens with zero attached hydrogens (tertiary/aromatic N) is 2. The maximum Gasteiger partial charge on any atom is 0.118 e. The van der Waals surface area contributed by atoms with Gasteiger partial charge < -0.3 is 14.4 Å². The number of ether oxygens (including phenoxy) is 1. The van der Waals surface area contributed by atoms with Crippen molar-refractivity contribution in [3.63, 3.8) is 0 Å². The molecule has 0 spiro atoms. The van der Waals surface area contributed by atoms with E-state index in [0.29, 0.717) is 0 Å². The van der Waals surface area contributed by atoms with Gasteiger partial charge in [0.05, 0.1) is 19.3 Å². The van der Waals surface area contributed by atoms with Crippen molar-refractivity contribution in [2.45, 2.75) is 38.8 Å². The summed E-state index contributed by atoms with van der Waals surface area (Å²) in [6.07, 6.45) is 5.13. The van der Waals surface area contributed by atoms with E-state index >= 15 is 0 Å². The van der Waals surface area contributed by atoms with Crippen molar-refractivity contribution in [2.75, 3.05) is 7.11 Å². The van der Waals surface area contributed by atoms with E-state index in [1.165, 1.54) is 0 Å². The molecule has 4 heteroatoms. The summed E-state index contributed by atoms with van der Waals surface area (Å²) in [5, 5.41) is 10.5. The Morgan fingerprint density at radius 3 is 2.60 bits per heavy atom. The summed E-state index contributed by atoms with van der Waals surface area (Å²) in [6, 6.07) is 7.48. The molecule has 0 bridgehead atoms. The highest BCUT2D eigenvalue weighted by molar-refractivity contribution is 5.29. The molecule has 2 atom stereocenters. The molecule has 2 aromatic rings. The van der Waals surface area contributed by atoms with Crippen LogP contribution in [0.5, 0.6) is 5.75 Å². The predicted octanol–water partition coefficient (Wildman–Crippen LogP) is 3.14. The molecule has 0 saturated heterocycles. The summed E-state index contributed by atoms with van der Waals surface area (Å²) in [5.74, 6) is 1.82. The Kier molecular flexibility index (Phi) is 4.79. The highest BCUT2D eigenvalue weighted by Crippen LogP contribution is 2.28. The Bertz CT molecular complexity index is 534. The van der Waals surface area contributed by atoms with Crippen molar-refractivity contribution < 1.29 is 9.84 Å². The molecule has 0 aliphatic rings. The second-order valence-corrected chi connectivity index (χ2v) is 4.96. The lowest BCUT2D eigenvalue weighted by Crippen LogP contribution is -2.16. The smallest absolute Gasteiger partial charge is 0.118 e. The predicted molar refractivity (Wildman–Crippen MR) is 78.9 cm³/mol. The zero-order chi connectivity index (χ0) is 14.5. The molecule has 1 heterocycles. The summed E-state index contributed by atoms with van der Waals surface area (Å²) in [5.41, 5.74) is 0.884. The Balaban J connectivity index is 2.18. The van der Waals surface area contributed by atoms with Gasteiger partial charge in [0, 0.05) is 18.8 Å². The van der Waals surface area contributed by atoms with E-state index in [-0.39, 0.29) is 6.04 Å². The number of aromatic nitrogens is 2. The number of aryl methyl sites for hydroxylation is 1. The van der Waals surface area contributed by atoms with E-state index in [2.05, 4.69) is 16.5 Å². The number of benzene rings is 1. The van der Waals surface area contributed by atoms with Crippen molar-refractivity contribution in [3.05, 3.63) is 48.0 Å². The zero-order valence-electron chi connectivity index (χ0n) is 12.3. The minimum Gasteiger partial charge on any atom is -0.497 e. The molecule has 0 amide bonds. The first-order valence-corrected chi connectivity index (χ1v) is 7.01. The second kappa shape index (κ2) is 6.57. The SMILES string of the molecule is CCCc1nccn1C(C)C(O)c1ccc(OC)cc1. The van der Waals surface area contributed by atoms with Gasteiger partial charge in [0.25, 0.3) is 0 Å². The van der Waals surface area contributed by atoms with Crippen LogP contribution in [0.15, 0.2) is 36.7 Å². The molecule has 0 aliphatic carbocycles. The molecule has 108 valence electrons. The van der Waals surface area contributed by atoms with Crippen LogP contribution in [0.3, 0.4) is 0 Å². The van der Waals surface area contributed by atoms with E-state index in [0.717, 1.165) is 30.0 Å². The van der Waals surface area contributed by atoms with Crippen LogP contribution in [0.1, 0.15) is 43.8 Å². The monoisotopic (exact) mass is 274 g/mol. The number of aliphatic hydroxyl groups excluding tert-OH is 1. The summed E-state index contributed by atoms with van der Waals surface area (Å²) in [6.45, 7) is 4.14. The van der Waals surface area contributed by atoms with Gasteiger partial charge in [0.2, 0.25) is 0 Å². The second-order valence-electron chi connectivity index (χ2n) is 4.96. The first kappa shape index (κ1) is 14.6. The van der Waals surface area contributed by atoms with Crippen molar-refractivity contribution in [3.8, 4) is 5.75 Å². The van der Waals surface area contributed by atoms with E-state index in [1.54, 1.807) is 13.3 Å². The summed E-state index contributed by atoms with van der Waals surface area (Å²) < 4.78 is 7.19. The third-order valence-electron chi connectivity index (χ3n) is 3.58. The number of methoxy groups -OCH3 is 1. The summed E-state index contributed by atoms with van der Waals surface area (Å²) >= 11 is 0. The number of hydrogen-bond donors (Lipinski definition) is 1. The fraction of sp³-hybridized carbons (Fsp3) is 0.438. The Hall–Kier alpha value is -1.81. The molecular formula is C16H22N2O2. The maximum absolute atomic E-state index is 10.5. The van der Waals surface area contributed by atoms with Crippen LogP contribution in [0, 0.1) is 0 Å². The van der Waals surface area contributed by atoms with Gasteiger partial charge in [-0.25, -0.2) is 4.98 Å². The number of aliphatic hydroxyl groups is 1. The third kappa shape index (κ3) is 3.02. The van der Waals surface area contributed by atoms with Crippen LogP contribution in [0.4, 0.5) is 0 Å². The highest BCUT2D eigenvalue weighted by Gasteiger charge is 2.19. The van der Waals surface area contributed by atoms with Gasteiger partial charge in [0.15, 0.2) is 0 Å². The molecule has 0 fully saturated rings. The number of rotatable bonds is 6. The van der Waals surface area contributed by atoms with Gasteiger partial charge >= 0.3 is 0 Å². The van der Waals surface area contributed by atoms with Crippen LogP contribution in [-0.2, 0) is 6.42 Å². The quantitative estimate of drug-likeness (QED) is 0.880. The van der Waals surface area contributed by atoms with Crippen molar-refractivity contribution in [1.29, 1.82) is 0 Å². The number of imidazole rings is 1.